The van der Waals surface area contributed by atoms with Crippen molar-refractivity contribution in [3.63, 3.8) is 0 Å². The normalized spacial score (nSPS) is 10.4. The third-order valence-corrected chi connectivity index (χ3v) is 3.19. The van der Waals surface area contributed by atoms with Crippen LogP contribution in [0, 0.1) is 0 Å². The summed E-state index contributed by atoms with van der Waals surface area (Å²) in [6, 6.07) is 8.05. The first-order valence-electron chi connectivity index (χ1n) is 7.23. The molecule has 1 rings (SSSR count). The van der Waals surface area contributed by atoms with Crippen molar-refractivity contribution in [2.45, 2.75) is 51.9 Å². The highest BCUT2D eigenvalue weighted by atomic mass is 16.5. The molecule has 0 fully saturated rings. The number of rotatable bonds is 9. The van der Waals surface area contributed by atoms with Crippen LogP contribution in [0.15, 0.2) is 24.3 Å². The highest BCUT2D eigenvalue weighted by molar-refractivity contribution is 6.33. The molecule has 0 spiro atoms. The maximum absolute atomic E-state index is 11.1. The van der Waals surface area contributed by atoms with Gasteiger partial charge in [-0.05, 0) is 26.2 Å². The lowest BCUT2D eigenvalue weighted by molar-refractivity contribution is -0.143. The summed E-state index contributed by atoms with van der Waals surface area (Å²) >= 11 is 0. The number of esters is 1. The van der Waals surface area contributed by atoms with Crippen LogP contribution in [-0.2, 0) is 16.0 Å². The summed E-state index contributed by atoms with van der Waals surface area (Å²) in [5.74, 6) is -0.0699. The van der Waals surface area contributed by atoms with E-state index in [9.17, 15) is 4.79 Å². The third-order valence-electron chi connectivity index (χ3n) is 3.19. The smallest absolute Gasteiger partial charge is 0.305 e. The number of unbranched alkanes of at least 4 members (excludes halogenated alkanes) is 4. The molecule has 0 atom stereocenters. The molecule has 0 saturated heterocycles. The van der Waals surface area contributed by atoms with Crippen molar-refractivity contribution in [1.82, 2.24) is 0 Å². The fourth-order valence-corrected chi connectivity index (χ4v) is 2.11. The first kappa shape index (κ1) is 15.8. The van der Waals surface area contributed by atoms with Gasteiger partial charge in [-0.2, -0.15) is 0 Å². The van der Waals surface area contributed by atoms with Gasteiger partial charge in [0.1, 0.15) is 7.85 Å². The predicted octanol–water partition coefficient (Wildman–Crippen LogP) is 2.93. The summed E-state index contributed by atoms with van der Waals surface area (Å²) in [5.41, 5.74) is 2.14. The molecule has 1 aromatic carbocycles. The van der Waals surface area contributed by atoms with Gasteiger partial charge in [0.15, 0.2) is 0 Å². The zero-order valence-corrected chi connectivity index (χ0v) is 11.9. The van der Waals surface area contributed by atoms with Crippen LogP contribution in [0.4, 0.5) is 0 Å². The molecule has 0 bridgehead atoms. The van der Waals surface area contributed by atoms with Crippen molar-refractivity contribution in [3.05, 3.63) is 29.8 Å². The van der Waals surface area contributed by atoms with E-state index in [0.29, 0.717) is 13.0 Å². The van der Waals surface area contributed by atoms with Crippen molar-refractivity contribution < 1.29 is 9.53 Å². The minimum absolute atomic E-state index is 0.0699. The first-order valence-corrected chi connectivity index (χ1v) is 7.23. The average Bonchev–Trinajstić information content (AvgIpc) is 2.40. The van der Waals surface area contributed by atoms with Gasteiger partial charge in [-0.1, -0.05) is 54.6 Å². The molecular formula is C16H23BO2. The van der Waals surface area contributed by atoms with Crippen LogP contribution in [0.25, 0.3) is 0 Å². The Kier molecular flexibility index (Phi) is 8.03. The Morgan fingerprint density at radius 2 is 1.79 bits per heavy atom. The third kappa shape index (κ3) is 7.04. The summed E-state index contributed by atoms with van der Waals surface area (Å²) < 4.78 is 4.89. The van der Waals surface area contributed by atoms with Gasteiger partial charge in [0, 0.05) is 6.42 Å². The van der Waals surface area contributed by atoms with E-state index in [1.54, 1.807) is 0 Å². The highest BCUT2D eigenvalue weighted by Crippen LogP contribution is 2.09. The van der Waals surface area contributed by atoms with Crippen LogP contribution in [-0.4, -0.2) is 20.4 Å². The van der Waals surface area contributed by atoms with Gasteiger partial charge in [0.2, 0.25) is 0 Å². The van der Waals surface area contributed by atoms with E-state index in [1.165, 1.54) is 18.4 Å². The molecule has 2 radical (unpaired) electrons. The molecular weight excluding hydrogens is 235 g/mol. The fourth-order valence-electron chi connectivity index (χ4n) is 2.11. The van der Waals surface area contributed by atoms with E-state index in [0.717, 1.165) is 31.1 Å². The number of hydrogen-bond acceptors (Lipinski definition) is 2. The van der Waals surface area contributed by atoms with Gasteiger partial charge in [-0.15, -0.1) is 0 Å². The highest BCUT2D eigenvalue weighted by Gasteiger charge is 2.01. The quantitative estimate of drug-likeness (QED) is 0.386. The first-order chi connectivity index (χ1) is 9.24. The summed E-state index contributed by atoms with van der Waals surface area (Å²) in [7, 11) is 5.89. The van der Waals surface area contributed by atoms with E-state index >= 15 is 0 Å². The van der Waals surface area contributed by atoms with Crippen LogP contribution in [0.3, 0.4) is 0 Å². The van der Waals surface area contributed by atoms with E-state index in [-0.39, 0.29) is 5.97 Å². The molecule has 102 valence electrons. The Morgan fingerprint density at radius 3 is 2.53 bits per heavy atom. The Balaban J connectivity index is 2.00. The lowest BCUT2D eigenvalue weighted by Crippen LogP contribution is -2.09. The summed E-state index contributed by atoms with van der Waals surface area (Å²) in [5, 5.41) is 0. The lowest BCUT2D eigenvalue weighted by atomic mass is 9.88. The molecule has 0 unspecified atom stereocenters. The molecule has 2 nitrogen and oxygen atoms in total. The number of carbonyl (C=O) groups excluding carboxylic acids is 1. The van der Waals surface area contributed by atoms with Crippen LogP contribution < -0.4 is 5.46 Å². The van der Waals surface area contributed by atoms with Gasteiger partial charge in [0.25, 0.3) is 0 Å². The van der Waals surface area contributed by atoms with Gasteiger partial charge in [0.05, 0.1) is 6.61 Å². The second-order valence-electron chi connectivity index (χ2n) is 4.77. The second-order valence-corrected chi connectivity index (χ2v) is 4.77. The Hall–Kier alpha value is -1.25. The topological polar surface area (TPSA) is 26.3 Å². The molecule has 3 heteroatoms. The zero-order valence-electron chi connectivity index (χ0n) is 11.9. The SMILES string of the molecule is [B]c1ccccc1CCCCCCCC(=O)OCC. The second kappa shape index (κ2) is 9.65. The monoisotopic (exact) mass is 258 g/mol. The molecule has 0 aliphatic heterocycles. The van der Waals surface area contributed by atoms with Crippen molar-refractivity contribution in [2.75, 3.05) is 6.61 Å². The molecule has 0 amide bonds. The molecule has 0 aromatic heterocycles. The van der Waals surface area contributed by atoms with Crippen molar-refractivity contribution in [1.29, 1.82) is 0 Å². The Labute approximate surface area is 118 Å². The minimum Gasteiger partial charge on any atom is -0.466 e. The maximum Gasteiger partial charge on any atom is 0.305 e. The molecule has 0 N–H and O–H groups in total. The van der Waals surface area contributed by atoms with Crippen molar-refractivity contribution in [3.8, 4) is 0 Å². The Bertz CT molecular complexity index is 377. The van der Waals surface area contributed by atoms with Crippen LogP contribution >= 0.6 is 0 Å². The molecule has 0 aliphatic rings. The van der Waals surface area contributed by atoms with Crippen LogP contribution in [0.1, 0.15) is 51.0 Å². The van der Waals surface area contributed by atoms with Crippen molar-refractivity contribution in [2.24, 2.45) is 0 Å². The largest absolute Gasteiger partial charge is 0.466 e. The maximum atomic E-state index is 11.1. The van der Waals surface area contributed by atoms with E-state index in [4.69, 9.17) is 12.6 Å². The summed E-state index contributed by atoms with van der Waals surface area (Å²) in [6.07, 6.45) is 7.16. The predicted molar refractivity (Wildman–Crippen MR) is 79.9 cm³/mol. The van der Waals surface area contributed by atoms with E-state index in [2.05, 4.69) is 6.07 Å². The standard InChI is InChI=1S/C16H23BO2/c1-2-19-16(18)13-7-5-3-4-6-10-14-11-8-9-12-15(14)17/h8-9,11-12H,2-7,10,13H2,1H3. The number of hydrogen-bond donors (Lipinski definition) is 0. The number of aryl methyl sites for hydroxylation is 1. The van der Waals surface area contributed by atoms with Gasteiger partial charge in [-0.25, -0.2) is 0 Å². The van der Waals surface area contributed by atoms with Gasteiger partial charge < -0.3 is 4.74 Å². The number of carbonyl (C=O) groups is 1. The molecule has 0 aliphatic carbocycles. The molecule has 0 saturated carbocycles. The Morgan fingerprint density at radius 1 is 1.11 bits per heavy atom. The molecule has 0 heterocycles. The number of benzene rings is 1. The van der Waals surface area contributed by atoms with E-state index in [1.807, 2.05) is 25.1 Å². The molecule has 19 heavy (non-hydrogen) atoms. The van der Waals surface area contributed by atoms with E-state index < -0.39 is 0 Å². The lowest BCUT2D eigenvalue weighted by Gasteiger charge is -2.05. The number of ether oxygens (including phenoxy) is 1. The zero-order chi connectivity index (χ0) is 13.9. The summed E-state index contributed by atoms with van der Waals surface area (Å²) in [6.45, 7) is 2.32. The average molecular weight is 258 g/mol. The molecule has 1 aromatic rings. The fraction of sp³-hybridized carbons (Fsp3) is 0.562. The van der Waals surface area contributed by atoms with Gasteiger partial charge >= 0.3 is 5.97 Å². The van der Waals surface area contributed by atoms with Crippen molar-refractivity contribution >= 4 is 19.3 Å². The summed E-state index contributed by atoms with van der Waals surface area (Å²) in [4.78, 5) is 11.1. The van der Waals surface area contributed by atoms with Crippen LogP contribution in [0.2, 0.25) is 0 Å². The minimum atomic E-state index is -0.0699. The van der Waals surface area contributed by atoms with Crippen LogP contribution in [0.5, 0.6) is 0 Å². The van der Waals surface area contributed by atoms with Gasteiger partial charge in [-0.3, -0.25) is 4.79 Å².